The predicted octanol–water partition coefficient (Wildman–Crippen LogP) is -0.500. The van der Waals surface area contributed by atoms with Gasteiger partial charge in [0.15, 0.2) is 0 Å². The van der Waals surface area contributed by atoms with Crippen LogP contribution in [0.15, 0.2) is 12.7 Å². The van der Waals surface area contributed by atoms with Crippen LogP contribution < -0.4 is 11.1 Å². The van der Waals surface area contributed by atoms with E-state index >= 15 is 0 Å². The molecule has 0 aromatic carbocycles. The lowest BCUT2D eigenvalue weighted by atomic mass is 10.1. The van der Waals surface area contributed by atoms with Crippen molar-refractivity contribution in [2.24, 2.45) is 5.73 Å². The maximum Gasteiger partial charge on any atom is 0.333 e. The zero-order valence-corrected chi connectivity index (χ0v) is 10.3. The highest BCUT2D eigenvalue weighted by molar-refractivity contribution is 7.52. The molecule has 0 aromatic rings. The van der Waals surface area contributed by atoms with Crippen LogP contribution in [0.25, 0.3) is 0 Å². The SMILES string of the molecule is C=CC(CNC(CCCN)C(=O)O)P(=O)(O)O. The predicted molar refractivity (Wildman–Crippen MR) is 63.7 cm³/mol. The average molecular weight is 266 g/mol. The Kier molecular flexibility index (Phi) is 7.26. The summed E-state index contributed by atoms with van der Waals surface area (Å²) in [7, 11) is -4.29. The smallest absolute Gasteiger partial charge is 0.333 e. The van der Waals surface area contributed by atoms with E-state index in [0.29, 0.717) is 19.4 Å². The summed E-state index contributed by atoms with van der Waals surface area (Å²) in [6.07, 6.45) is 1.96. The highest BCUT2D eigenvalue weighted by Crippen LogP contribution is 2.41. The lowest BCUT2D eigenvalue weighted by Gasteiger charge is -2.19. The molecule has 0 aliphatic carbocycles. The Labute approximate surface area is 99.9 Å². The van der Waals surface area contributed by atoms with Gasteiger partial charge in [0.2, 0.25) is 0 Å². The molecule has 6 N–H and O–H groups in total. The maximum absolute atomic E-state index is 11.0. The first kappa shape index (κ1) is 16.3. The summed E-state index contributed by atoms with van der Waals surface area (Å²) < 4.78 is 11.0. The van der Waals surface area contributed by atoms with E-state index in [-0.39, 0.29) is 6.54 Å². The maximum atomic E-state index is 11.0. The normalized spacial score (nSPS) is 15.2. The number of carbonyl (C=O) groups is 1. The molecule has 0 saturated carbocycles. The van der Waals surface area contributed by atoms with Crippen LogP contribution in [0.3, 0.4) is 0 Å². The minimum Gasteiger partial charge on any atom is -0.480 e. The summed E-state index contributed by atoms with van der Waals surface area (Å²) in [5, 5.41) is 11.5. The second-order valence-electron chi connectivity index (χ2n) is 3.62. The van der Waals surface area contributed by atoms with Gasteiger partial charge in [0.1, 0.15) is 6.04 Å². The van der Waals surface area contributed by atoms with Crippen molar-refractivity contribution in [1.29, 1.82) is 0 Å². The Bertz CT molecular complexity index is 304. The van der Waals surface area contributed by atoms with Gasteiger partial charge in [-0.3, -0.25) is 9.36 Å². The van der Waals surface area contributed by atoms with Crippen molar-refractivity contribution >= 4 is 13.6 Å². The second kappa shape index (κ2) is 7.58. The monoisotopic (exact) mass is 266 g/mol. The van der Waals surface area contributed by atoms with Crippen LogP contribution in [0.5, 0.6) is 0 Å². The van der Waals surface area contributed by atoms with Crippen molar-refractivity contribution in [3.63, 3.8) is 0 Å². The number of rotatable bonds is 9. The summed E-state index contributed by atoms with van der Waals surface area (Å²) in [5.41, 5.74) is 4.19. The standard InChI is InChI=1S/C9H19N2O5P/c1-2-7(17(14,15)16)6-11-8(9(12)13)4-3-5-10/h2,7-8,11H,1,3-6,10H2,(H,12,13)(H2,14,15,16). The average Bonchev–Trinajstić information content (AvgIpc) is 2.20. The number of nitrogens with one attached hydrogen (secondary N) is 1. The van der Waals surface area contributed by atoms with Gasteiger partial charge in [-0.05, 0) is 19.4 Å². The molecule has 0 fully saturated rings. The fourth-order valence-corrected chi connectivity index (χ4v) is 1.86. The molecule has 0 bridgehead atoms. The molecule has 0 heterocycles. The highest BCUT2D eigenvalue weighted by atomic mass is 31.2. The van der Waals surface area contributed by atoms with E-state index in [4.69, 9.17) is 20.6 Å². The summed E-state index contributed by atoms with van der Waals surface area (Å²) in [4.78, 5) is 28.7. The van der Waals surface area contributed by atoms with Gasteiger partial charge in [0.25, 0.3) is 0 Å². The third-order valence-corrected chi connectivity index (χ3v) is 3.53. The van der Waals surface area contributed by atoms with Crippen LogP contribution in [-0.2, 0) is 9.36 Å². The fourth-order valence-electron chi connectivity index (χ4n) is 1.24. The molecular weight excluding hydrogens is 247 g/mol. The highest BCUT2D eigenvalue weighted by Gasteiger charge is 2.27. The molecule has 0 rings (SSSR count). The summed E-state index contributed by atoms with van der Waals surface area (Å²) >= 11 is 0. The molecule has 0 radical (unpaired) electrons. The van der Waals surface area contributed by atoms with Crippen molar-refractivity contribution in [2.75, 3.05) is 13.1 Å². The number of hydrogen-bond donors (Lipinski definition) is 5. The molecule has 0 aliphatic rings. The molecular formula is C9H19N2O5P. The Morgan fingerprint density at radius 2 is 2.12 bits per heavy atom. The van der Waals surface area contributed by atoms with E-state index < -0.39 is 25.3 Å². The third-order valence-electron chi connectivity index (χ3n) is 2.27. The molecule has 0 spiro atoms. The van der Waals surface area contributed by atoms with Crippen molar-refractivity contribution in [3.05, 3.63) is 12.7 Å². The number of nitrogens with two attached hydrogens (primary N) is 1. The van der Waals surface area contributed by atoms with Crippen molar-refractivity contribution in [2.45, 2.75) is 24.5 Å². The van der Waals surface area contributed by atoms with E-state index in [2.05, 4.69) is 11.9 Å². The minimum absolute atomic E-state index is 0.130. The minimum atomic E-state index is -4.29. The lowest BCUT2D eigenvalue weighted by Crippen LogP contribution is -2.40. The Morgan fingerprint density at radius 3 is 2.47 bits per heavy atom. The van der Waals surface area contributed by atoms with Gasteiger partial charge < -0.3 is 25.9 Å². The van der Waals surface area contributed by atoms with Gasteiger partial charge in [0.05, 0.1) is 5.66 Å². The molecule has 0 aromatic heterocycles. The van der Waals surface area contributed by atoms with E-state index in [0.717, 1.165) is 6.08 Å². The molecule has 2 atom stereocenters. The summed E-state index contributed by atoms with van der Waals surface area (Å²) in [5.74, 6) is -1.06. The molecule has 100 valence electrons. The van der Waals surface area contributed by atoms with Crippen LogP contribution in [0.1, 0.15) is 12.8 Å². The molecule has 7 nitrogen and oxygen atoms in total. The van der Waals surface area contributed by atoms with Crippen LogP contribution in [0.2, 0.25) is 0 Å². The van der Waals surface area contributed by atoms with E-state index in [1.54, 1.807) is 0 Å². The molecule has 0 saturated heterocycles. The lowest BCUT2D eigenvalue weighted by molar-refractivity contribution is -0.139. The molecule has 8 heteroatoms. The second-order valence-corrected chi connectivity index (χ2v) is 5.46. The first-order valence-corrected chi connectivity index (χ1v) is 6.85. The molecule has 0 amide bonds. The number of carboxylic acid groups (broad SMARTS) is 1. The summed E-state index contributed by atoms with van der Waals surface area (Å²) in [6.45, 7) is 3.55. The Hall–Kier alpha value is -0.720. The van der Waals surface area contributed by atoms with Gasteiger partial charge in [0, 0.05) is 6.54 Å². The molecule has 2 unspecified atom stereocenters. The molecule has 0 aliphatic heterocycles. The fraction of sp³-hybridized carbons (Fsp3) is 0.667. The van der Waals surface area contributed by atoms with Crippen molar-refractivity contribution < 1.29 is 24.3 Å². The van der Waals surface area contributed by atoms with Crippen LogP contribution in [-0.4, -0.2) is 45.7 Å². The quantitative estimate of drug-likeness (QED) is 0.280. The largest absolute Gasteiger partial charge is 0.480 e. The first-order chi connectivity index (χ1) is 7.82. The van der Waals surface area contributed by atoms with Crippen molar-refractivity contribution in [3.8, 4) is 0 Å². The number of aliphatic carboxylic acids is 1. The summed E-state index contributed by atoms with van der Waals surface area (Å²) in [6, 6.07) is -0.854. The Balaban J connectivity index is 4.33. The van der Waals surface area contributed by atoms with Gasteiger partial charge in [-0.25, -0.2) is 0 Å². The van der Waals surface area contributed by atoms with E-state index in [1.807, 2.05) is 0 Å². The zero-order valence-electron chi connectivity index (χ0n) is 9.45. The number of carboxylic acids is 1. The number of hydrogen-bond acceptors (Lipinski definition) is 4. The van der Waals surface area contributed by atoms with Crippen LogP contribution >= 0.6 is 7.60 Å². The van der Waals surface area contributed by atoms with Crippen LogP contribution in [0.4, 0.5) is 0 Å². The third kappa shape index (κ3) is 6.55. The van der Waals surface area contributed by atoms with E-state index in [9.17, 15) is 9.36 Å². The van der Waals surface area contributed by atoms with Gasteiger partial charge >= 0.3 is 13.6 Å². The first-order valence-electron chi connectivity index (χ1n) is 5.17. The van der Waals surface area contributed by atoms with Crippen molar-refractivity contribution in [1.82, 2.24) is 5.32 Å². The van der Waals surface area contributed by atoms with Gasteiger partial charge in [-0.2, -0.15) is 0 Å². The van der Waals surface area contributed by atoms with Crippen LogP contribution in [0, 0.1) is 0 Å². The van der Waals surface area contributed by atoms with E-state index in [1.165, 1.54) is 0 Å². The Morgan fingerprint density at radius 1 is 1.53 bits per heavy atom. The van der Waals surface area contributed by atoms with Gasteiger partial charge in [-0.1, -0.05) is 6.08 Å². The zero-order chi connectivity index (χ0) is 13.5. The van der Waals surface area contributed by atoms with Gasteiger partial charge in [-0.15, -0.1) is 6.58 Å². The molecule has 17 heavy (non-hydrogen) atoms. The topological polar surface area (TPSA) is 133 Å².